The molecule has 0 saturated heterocycles. The Balaban J connectivity index is 2.77. The standard InChI is InChI=1S/C16H26N2O/c1-6-13-9-10-14(17-12-13)11-15(19)16(4,5)18(7-2)8-3/h9-10,12H,6-8,11H2,1-5H3. The molecule has 1 rings (SSSR count). The number of hydrogen-bond donors (Lipinski definition) is 0. The van der Waals surface area contributed by atoms with Gasteiger partial charge >= 0.3 is 0 Å². The Morgan fingerprint density at radius 3 is 2.26 bits per heavy atom. The maximum atomic E-state index is 12.5. The van der Waals surface area contributed by atoms with Gasteiger partial charge in [-0.25, -0.2) is 0 Å². The number of aryl methyl sites for hydroxylation is 1. The van der Waals surface area contributed by atoms with Gasteiger partial charge < -0.3 is 0 Å². The van der Waals surface area contributed by atoms with Gasteiger partial charge in [-0.15, -0.1) is 0 Å². The molecule has 0 fully saturated rings. The number of rotatable bonds is 7. The summed E-state index contributed by atoms with van der Waals surface area (Å²) >= 11 is 0. The van der Waals surface area contributed by atoms with E-state index < -0.39 is 5.54 Å². The summed E-state index contributed by atoms with van der Waals surface area (Å²) in [5, 5.41) is 0. The summed E-state index contributed by atoms with van der Waals surface area (Å²) in [6.07, 6.45) is 3.26. The zero-order chi connectivity index (χ0) is 14.5. The van der Waals surface area contributed by atoms with Crippen LogP contribution in [0.3, 0.4) is 0 Å². The lowest BCUT2D eigenvalue weighted by atomic mass is 9.93. The second kappa shape index (κ2) is 6.80. The molecule has 0 aliphatic heterocycles. The van der Waals surface area contributed by atoms with E-state index in [1.165, 1.54) is 5.56 Å². The van der Waals surface area contributed by atoms with Crippen molar-refractivity contribution in [1.82, 2.24) is 9.88 Å². The Bertz CT molecular complexity index is 405. The van der Waals surface area contributed by atoms with Crippen molar-refractivity contribution < 1.29 is 4.79 Å². The molecule has 106 valence electrons. The molecule has 0 amide bonds. The summed E-state index contributed by atoms with van der Waals surface area (Å²) < 4.78 is 0. The normalized spacial score (nSPS) is 11.9. The Kier molecular flexibility index (Phi) is 5.67. The highest BCUT2D eigenvalue weighted by atomic mass is 16.1. The van der Waals surface area contributed by atoms with E-state index in [2.05, 4.69) is 36.7 Å². The monoisotopic (exact) mass is 262 g/mol. The molecule has 0 radical (unpaired) electrons. The first-order valence-corrected chi connectivity index (χ1v) is 7.17. The summed E-state index contributed by atoms with van der Waals surface area (Å²) in [6, 6.07) is 4.02. The van der Waals surface area contributed by atoms with E-state index in [0.717, 1.165) is 25.2 Å². The summed E-state index contributed by atoms with van der Waals surface area (Å²) in [4.78, 5) is 19.0. The van der Waals surface area contributed by atoms with Gasteiger partial charge in [0.2, 0.25) is 0 Å². The molecule has 1 aromatic heterocycles. The Labute approximate surface area is 117 Å². The fraction of sp³-hybridized carbons (Fsp3) is 0.625. The number of carbonyl (C=O) groups excluding carboxylic acids is 1. The second-order valence-electron chi connectivity index (χ2n) is 5.34. The third-order valence-corrected chi connectivity index (χ3v) is 3.87. The van der Waals surface area contributed by atoms with E-state index in [1.54, 1.807) is 0 Å². The maximum absolute atomic E-state index is 12.5. The minimum absolute atomic E-state index is 0.230. The number of ketones is 1. The number of hydrogen-bond acceptors (Lipinski definition) is 3. The van der Waals surface area contributed by atoms with Crippen molar-refractivity contribution in [2.75, 3.05) is 13.1 Å². The molecule has 0 atom stereocenters. The summed E-state index contributed by atoms with van der Waals surface area (Å²) in [5.74, 6) is 0.230. The van der Waals surface area contributed by atoms with Crippen LogP contribution in [0, 0.1) is 0 Å². The minimum Gasteiger partial charge on any atom is -0.297 e. The Morgan fingerprint density at radius 2 is 1.84 bits per heavy atom. The molecule has 3 nitrogen and oxygen atoms in total. The average Bonchev–Trinajstić information content (AvgIpc) is 2.40. The van der Waals surface area contributed by atoms with Gasteiger partial charge in [-0.3, -0.25) is 14.7 Å². The molecule has 0 aliphatic carbocycles. The molecule has 19 heavy (non-hydrogen) atoms. The lowest BCUT2D eigenvalue weighted by molar-refractivity contribution is -0.128. The van der Waals surface area contributed by atoms with Gasteiger partial charge in [-0.2, -0.15) is 0 Å². The van der Waals surface area contributed by atoms with Crippen LogP contribution in [0.15, 0.2) is 18.3 Å². The zero-order valence-corrected chi connectivity index (χ0v) is 12.9. The molecule has 0 bridgehead atoms. The van der Waals surface area contributed by atoms with E-state index >= 15 is 0 Å². The van der Waals surface area contributed by atoms with Crippen LogP contribution in [0.2, 0.25) is 0 Å². The van der Waals surface area contributed by atoms with Crippen molar-refractivity contribution in [3.8, 4) is 0 Å². The lowest BCUT2D eigenvalue weighted by Crippen LogP contribution is -2.50. The number of nitrogens with zero attached hydrogens (tertiary/aromatic N) is 2. The zero-order valence-electron chi connectivity index (χ0n) is 12.9. The summed E-state index contributed by atoms with van der Waals surface area (Å²) in [5.41, 5.74) is 1.65. The third kappa shape index (κ3) is 3.87. The molecular formula is C16H26N2O. The molecule has 0 unspecified atom stereocenters. The van der Waals surface area contributed by atoms with Gasteiger partial charge in [-0.05, 0) is 45.0 Å². The van der Waals surface area contributed by atoms with Crippen LogP contribution in [-0.4, -0.2) is 34.3 Å². The predicted octanol–water partition coefficient (Wildman–Crippen LogP) is 2.88. The van der Waals surface area contributed by atoms with Crippen LogP contribution >= 0.6 is 0 Å². The molecule has 0 saturated carbocycles. The van der Waals surface area contributed by atoms with Crippen molar-refractivity contribution >= 4 is 5.78 Å². The lowest BCUT2D eigenvalue weighted by Gasteiger charge is -2.35. The smallest absolute Gasteiger partial charge is 0.158 e. The summed E-state index contributed by atoms with van der Waals surface area (Å²) in [6.45, 7) is 12.1. The average molecular weight is 262 g/mol. The Hall–Kier alpha value is -1.22. The number of likely N-dealkylation sites (N-methyl/N-ethyl adjacent to an activating group) is 1. The fourth-order valence-electron chi connectivity index (χ4n) is 2.34. The van der Waals surface area contributed by atoms with Gasteiger partial charge in [0.1, 0.15) is 0 Å². The first kappa shape index (κ1) is 15.8. The number of pyridine rings is 1. The molecule has 0 spiro atoms. The maximum Gasteiger partial charge on any atom is 0.158 e. The molecule has 1 heterocycles. The van der Waals surface area contributed by atoms with Crippen LogP contribution < -0.4 is 0 Å². The Morgan fingerprint density at radius 1 is 1.21 bits per heavy atom. The van der Waals surface area contributed by atoms with Crippen molar-refractivity contribution in [1.29, 1.82) is 0 Å². The van der Waals surface area contributed by atoms with Gasteiger partial charge in [-0.1, -0.05) is 26.8 Å². The molecule has 0 aromatic carbocycles. The highest BCUT2D eigenvalue weighted by molar-refractivity contribution is 5.89. The van der Waals surface area contributed by atoms with Crippen LogP contribution in [0.5, 0.6) is 0 Å². The van der Waals surface area contributed by atoms with Gasteiger partial charge in [0.15, 0.2) is 5.78 Å². The largest absolute Gasteiger partial charge is 0.297 e. The van der Waals surface area contributed by atoms with Gasteiger partial charge in [0.05, 0.1) is 12.0 Å². The van der Waals surface area contributed by atoms with Crippen molar-refractivity contribution in [3.05, 3.63) is 29.6 Å². The van der Waals surface area contributed by atoms with Gasteiger partial charge in [0.25, 0.3) is 0 Å². The quantitative estimate of drug-likeness (QED) is 0.757. The highest BCUT2D eigenvalue weighted by Crippen LogP contribution is 2.17. The van der Waals surface area contributed by atoms with Crippen molar-refractivity contribution in [2.24, 2.45) is 0 Å². The van der Waals surface area contributed by atoms with E-state index in [9.17, 15) is 4.79 Å². The molecule has 3 heteroatoms. The minimum atomic E-state index is -0.422. The molecule has 1 aromatic rings. The van der Waals surface area contributed by atoms with Crippen molar-refractivity contribution in [2.45, 2.75) is 53.0 Å². The number of Topliss-reactive ketones (excluding diaryl/α,β-unsaturated/α-hetero) is 1. The summed E-state index contributed by atoms with van der Waals surface area (Å²) in [7, 11) is 0. The topological polar surface area (TPSA) is 33.2 Å². The third-order valence-electron chi connectivity index (χ3n) is 3.87. The fourth-order valence-corrected chi connectivity index (χ4v) is 2.34. The van der Waals surface area contributed by atoms with E-state index in [-0.39, 0.29) is 5.78 Å². The highest BCUT2D eigenvalue weighted by Gasteiger charge is 2.32. The van der Waals surface area contributed by atoms with Crippen LogP contribution in [-0.2, 0) is 17.6 Å². The first-order chi connectivity index (χ1) is 8.95. The van der Waals surface area contributed by atoms with Crippen LogP contribution in [0.25, 0.3) is 0 Å². The number of aromatic nitrogens is 1. The van der Waals surface area contributed by atoms with Crippen LogP contribution in [0.1, 0.15) is 45.9 Å². The van der Waals surface area contributed by atoms with E-state index in [1.807, 2.05) is 26.1 Å². The van der Waals surface area contributed by atoms with E-state index in [4.69, 9.17) is 0 Å². The molecular weight excluding hydrogens is 236 g/mol. The van der Waals surface area contributed by atoms with Crippen LogP contribution in [0.4, 0.5) is 0 Å². The second-order valence-corrected chi connectivity index (χ2v) is 5.34. The number of carbonyl (C=O) groups is 1. The molecule has 0 N–H and O–H groups in total. The SMILES string of the molecule is CCc1ccc(CC(=O)C(C)(C)N(CC)CC)nc1. The predicted molar refractivity (Wildman–Crippen MR) is 79.3 cm³/mol. The van der Waals surface area contributed by atoms with Gasteiger partial charge in [0, 0.05) is 11.9 Å². The first-order valence-electron chi connectivity index (χ1n) is 7.17. The molecule has 0 aliphatic rings. The van der Waals surface area contributed by atoms with E-state index in [0.29, 0.717) is 6.42 Å². The van der Waals surface area contributed by atoms with Crippen molar-refractivity contribution in [3.63, 3.8) is 0 Å².